The molecular formula is C16H15NO5. The van der Waals surface area contributed by atoms with Gasteiger partial charge in [-0.2, -0.15) is 0 Å². The maximum Gasteiger partial charge on any atom is 0.332 e. The monoisotopic (exact) mass is 301 g/mol. The van der Waals surface area contributed by atoms with Gasteiger partial charge >= 0.3 is 11.9 Å². The van der Waals surface area contributed by atoms with E-state index in [9.17, 15) is 14.4 Å². The summed E-state index contributed by atoms with van der Waals surface area (Å²) in [6.07, 6.45) is 3.11. The molecule has 1 aliphatic heterocycles. The molecule has 0 aromatic heterocycles. The summed E-state index contributed by atoms with van der Waals surface area (Å²) in [4.78, 5) is 36.8. The van der Waals surface area contributed by atoms with Crippen LogP contribution in [0.25, 0.3) is 0 Å². The summed E-state index contributed by atoms with van der Waals surface area (Å²) < 4.78 is 9.70. The molecule has 0 saturated heterocycles. The van der Waals surface area contributed by atoms with E-state index in [0.29, 0.717) is 11.3 Å². The van der Waals surface area contributed by atoms with E-state index in [-0.39, 0.29) is 0 Å². The fourth-order valence-corrected chi connectivity index (χ4v) is 2.29. The minimum Gasteiger partial charge on any atom is -0.466 e. The van der Waals surface area contributed by atoms with Crippen molar-refractivity contribution in [2.45, 2.75) is 5.60 Å². The van der Waals surface area contributed by atoms with Gasteiger partial charge in [-0.15, -0.1) is 0 Å². The van der Waals surface area contributed by atoms with Crippen LogP contribution in [0.2, 0.25) is 0 Å². The molecule has 2 rings (SSSR count). The van der Waals surface area contributed by atoms with Gasteiger partial charge in [-0.25, -0.2) is 9.59 Å². The van der Waals surface area contributed by atoms with Gasteiger partial charge in [-0.1, -0.05) is 24.8 Å². The number of anilines is 1. The van der Waals surface area contributed by atoms with Gasteiger partial charge in [0.2, 0.25) is 5.60 Å². The molecule has 22 heavy (non-hydrogen) atoms. The predicted octanol–water partition coefficient (Wildman–Crippen LogP) is 1.32. The van der Waals surface area contributed by atoms with Crippen LogP contribution >= 0.6 is 0 Å². The van der Waals surface area contributed by atoms with E-state index in [0.717, 1.165) is 12.2 Å². The van der Waals surface area contributed by atoms with Crippen LogP contribution in [0.4, 0.5) is 5.69 Å². The lowest BCUT2D eigenvalue weighted by molar-refractivity contribution is -0.157. The molecule has 1 aliphatic rings. The smallest absolute Gasteiger partial charge is 0.332 e. The van der Waals surface area contributed by atoms with Crippen molar-refractivity contribution < 1.29 is 23.9 Å². The van der Waals surface area contributed by atoms with E-state index < -0.39 is 23.4 Å². The average molecular weight is 301 g/mol. The molecule has 0 saturated carbocycles. The van der Waals surface area contributed by atoms with Crippen LogP contribution in [0.1, 0.15) is 5.56 Å². The summed E-state index contributed by atoms with van der Waals surface area (Å²) in [6, 6.07) is 6.95. The van der Waals surface area contributed by atoms with Gasteiger partial charge in [0, 0.05) is 24.8 Å². The first kappa shape index (κ1) is 15.5. The van der Waals surface area contributed by atoms with Crippen molar-refractivity contribution in [2.24, 2.45) is 0 Å². The zero-order chi connectivity index (χ0) is 16.3. The number of nitrogens with zero attached hydrogens (tertiary/aromatic N) is 1. The Labute approximate surface area is 127 Å². The first-order chi connectivity index (χ1) is 10.5. The number of amides is 1. The largest absolute Gasteiger partial charge is 0.466 e. The van der Waals surface area contributed by atoms with Crippen LogP contribution in [-0.4, -0.2) is 32.0 Å². The highest BCUT2D eigenvalue weighted by Gasteiger charge is 2.50. The van der Waals surface area contributed by atoms with Crippen LogP contribution in [0.15, 0.2) is 49.1 Å². The molecule has 0 radical (unpaired) electrons. The summed E-state index contributed by atoms with van der Waals surface area (Å²) >= 11 is 0. The van der Waals surface area contributed by atoms with Crippen molar-refractivity contribution in [1.82, 2.24) is 0 Å². The van der Waals surface area contributed by atoms with E-state index >= 15 is 0 Å². The van der Waals surface area contributed by atoms with Gasteiger partial charge in [-0.05, 0) is 12.1 Å². The fourth-order valence-electron chi connectivity index (χ4n) is 2.29. The molecule has 1 heterocycles. The highest BCUT2D eigenvalue weighted by atomic mass is 16.6. The topological polar surface area (TPSA) is 72.9 Å². The molecular weight excluding hydrogens is 286 g/mol. The number of benzene rings is 1. The Morgan fingerprint density at radius 2 is 1.86 bits per heavy atom. The molecule has 114 valence electrons. The first-order valence-electron chi connectivity index (χ1n) is 6.46. The minimum atomic E-state index is -1.59. The predicted molar refractivity (Wildman–Crippen MR) is 79.0 cm³/mol. The number of rotatable bonds is 4. The molecule has 0 bridgehead atoms. The van der Waals surface area contributed by atoms with Crippen LogP contribution in [-0.2, 0) is 29.5 Å². The van der Waals surface area contributed by atoms with Crippen molar-refractivity contribution in [3.63, 3.8) is 0 Å². The normalized spacial score (nSPS) is 19.9. The lowest BCUT2D eigenvalue weighted by atomic mass is 9.95. The Kier molecular flexibility index (Phi) is 4.12. The standard InChI is InChI=1S/C16H15NO5/c1-4-16(22-14(19)10-9-13(18)21-3)11-7-5-6-8-12(11)17(2)15(16)20/h4-10H,1H2,2-3H3/b10-9+. The van der Waals surface area contributed by atoms with Gasteiger partial charge in [-0.3, -0.25) is 4.79 Å². The number of para-hydroxylation sites is 1. The van der Waals surface area contributed by atoms with Gasteiger partial charge in [0.05, 0.1) is 12.8 Å². The number of ether oxygens (including phenoxy) is 2. The molecule has 0 fully saturated rings. The Bertz CT molecular complexity index is 679. The highest BCUT2D eigenvalue weighted by Crippen LogP contribution is 2.42. The maximum atomic E-state index is 12.5. The minimum absolute atomic E-state index is 0.427. The fraction of sp³-hybridized carbons (Fsp3) is 0.188. The Morgan fingerprint density at radius 3 is 2.50 bits per heavy atom. The van der Waals surface area contributed by atoms with E-state index in [4.69, 9.17) is 4.74 Å². The third-order valence-electron chi connectivity index (χ3n) is 3.39. The SMILES string of the molecule is C=CC1(OC(=O)/C=C/C(=O)OC)C(=O)N(C)c2ccccc21. The van der Waals surface area contributed by atoms with Crippen LogP contribution < -0.4 is 4.90 Å². The van der Waals surface area contributed by atoms with Gasteiger partial charge < -0.3 is 14.4 Å². The number of carbonyl (C=O) groups is 3. The number of hydrogen-bond acceptors (Lipinski definition) is 5. The molecule has 0 aliphatic carbocycles. The quantitative estimate of drug-likeness (QED) is 0.476. The summed E-state index contributed by atoms with van der Waals surface area (Å²) in [7, 11) is 2.78. The second-order valence-corrected chi connectivity index (χ2v) is 4.60. The number of carbonyl (C=O) groups excluding carboxylic acids is 3. The van der Waals surface area contributed by atoms with Crippen LogP contribution in [0, 0.1) is 0 Å². The Balaban J connectivity index is 2.36. The summed E-state index contributed by atoms with van der Waals surface area (Å²) in [5, 5.41) is 0. The molecule has 1 aromatic carbocycles. The zero-order valence-corrected chi connectivity index (χ0v) is 12.2. The van der Waals surface area contributed by atoms with E-state index in [2.05, 4.69) is 11.3 Å². The van der Waals surface area contributed by atoms with Crippen molar-refractivity contribution in [3.8, 4) is 0 Å². The van der Waals surface area contributed by atoms with Crippen LogP contribution in [0.5, 0.6) is 0 Å². The third kappa shape index (κ3) is 2.39. The average Bonchev–Trinajstić information content (AvgIpc) is 2.75. The molecule has 1 aromatic rings. The summed E-state index contributed by atoms with van der Waals surface area (Å²) in [5.74, 6) is -1.97. The summed E-state index contributed by atoms with van der Waals surface area (Å²) in [6.45, 7) is 3.62. The van der Waals surface area contributed by atoms with Crippen molar-refractivity contribution in [1.29, 1.82) is 0 Å². The number of fused-ring (bicyclic) bond motifs is 1. The Morgan fingerprint density at radius 1 is 1.23 bits per heavy atom. The molecule has 0 spiro atoms. The molecule has 6 heteroatoms. The van der Waals surface area contributed by atoms with Crippen molar-refractivity contribution in [2.75, 3.05) is 19.1 Å². The van der Waals surface area contributed by atoms with E-state index in [1.807, 2.05) is 0 Å². The number of likely N-dealkylation sites (N-methyl/N-ethyl adjacent to an activating group) is 1. The second kappa shape index (κ2) is 5.85. The van der Waals surface area contributed by atoms with Gasteiger partial charge in [0.15, 0.2) is 0 Å². The summed E-state index contributed by atoms with van der Waals surface area (Å²) in [5.41, 5.74) is -0.433. The van der Waals surface area contributed by atoms with E-state index in [1.54, 1.807) is 31.3 Å². The number of methoxy groups -OCH3 is 1. The van der Waals surface area contributed by atoms with Gasteiger partial charge in [0.25, 0.3) is 5.91 Å². The number of esters is 2. The molecule has 6 nitrogen and oxygen atoms in total. The Hall–Kier alpha value is -2.89. The van der Waals surface area contributed by atoms with Crippen molar-refractivity contribution >= 4 is 23.5 Å². The molecule has 1 atom stereocenters. The molecule has 1 unspecified atom stereocenters. The van der Waals surface area contributed by atoms with Crippen molar-refractivity contribution in [3.05, 3.63) is 54.6 Å². The van der Waals surface area contributed by atoms with Crippen LogP contribution in [0.3, 0.4) is 0 Å². The third-order valence-corrected chi connectivity index (χ3v) is 3.39. The highest BCUT2D eigenvalue weighted by molar-refractivity contribution is 6.09. The maximum absolute atomic E-state index is 12.5. The second-order valence-electron chi connectivity index (χ2n) is 4.60. The first-order valence-corrected chi connectivity index (χ1v) is 6.46. The zero-order valence-electron chi connectivity index (χ0n) is 12.2. The lowest BCUT2D eigenvalue weighted by Gasteiger charge is -2.23. The molecule has 1 amide bonds. The number of hydrogen-bond donors (Lipinski definition) is 0. The molecule has 0 N–H and O–H groups in total. The lowest BCUT2D eigenvalue weighted by Crippen LogP contribution is -2.40. The van der Waals surface area contributed by atoms with E-state index in [1.165, 1.54) is 18.1 Å². The van der Waals surface area contributed by atoms with Gasteiger partial charge in [0.1, 0.15) is 0 Å².